The molecule has 0 saturated carbocycles. The quantitative estimate of drug-likeness (QED) is 0.650. The Labute approximate surface area is 152 Å². The second kappa shape index (κ2) is 8.70. The zero-order valence-electron chi connectivity index (χ0n) is 14.3. The van der Waals surface area contributed by atoms with Crippen molar-refractivity contribution in [2.75, 3.05) is 12.8 Å². The fourth-order valence-electron chi connectivity index (χ4n) is 2.97. The number of hydrogen-bond donors (Lipinski definition) is 1. The monoisotopic (exact) mass is 350 g/mol. The Bertz CT molecular complexity index is 861. The summed E-state index contributed by atoms with van der Waals surface area (Å²) in [6.45, 7) is 0.737. The van der Waals surface area contributed by atoms with Gasteiger partial charge in [0.1, 0.15) is 0 Å². The van der Waals surface area contributed by atoms with Crippen molar-refractivity contribution in [1.29, 1.82) is 0 Å². The van der Waals surface area contributed by atoms with Gasteiger partial charge in [-0.25, -0.2) is 0 Å². The maximum absolute atomic E-state index is 12.2. The molecule has 4 heteroatoms. The molecular weight excluding hydrogens is 328 g/mol. The zero-order valence-corrected chi connectivity index (χ0v) is 15.1. The van der Waals surface area contributed by atoms with E-state index in [0.717, 1.165) is 13.0 Å². The molecule has 0 fully saturated rings. The molecule has 3 rings (SSSR count). The van der Waals surface area contributed by atoms with E-state index in [0.29, 0.717) is 0 Å². The summed E-state index contributed by atoms with van der Waals surface area (Å²) < 4.78 is 5.12. The van der Waals surface area contributed by atoms with Gasteiger partial charge >= 0.3 is 0 Å². The van der Waals surface area contributed by atoms with Crippen LogP contribution in [0.25, 0.3) is 11.1 Å². The van der Waals surface area contributed by atoms with Crippen LogP contribution in [-0.4, -0.2) is 17.4 Å². The minimum atomic E-state index is 0.0367. The van der Waals surface area contributed by atoms with Gasteiger partial charge in [-0.2, -0.15) is 0 Å². The Morgan fingerprint density at radius 2 is 1.72 bits per heavy atom. The average molecular weight is 350 g/mol. The minimum absolute atomic E-state index is 0.0367. The topological polar surface area (TPSA) is 34.0 Å². The number of rotatable bonds is 7. The van der Waals surface area contributed by atoms with Crippen molar-refractivity contribution in [1.82, 2.24) is 9.29 Å². The summed E-state index contributed by atoms with van der Waals surface area (Å²) >= 11 is 1.58. The van der Waals surface area contributed by atoms with Crippen molar-refractivity contribution in [2.24, 2.45) is 0 Å². The van der Waals surface area contributed by atoms with Crippen LogP contribution < -0.4 is 10.3 Å². The molecule has 1 heterocycles. The number of nitrogens with one attached hydrogen (secondary N) is 1. The lowest BCUT2D eigenvalue weighted by Gasteiger charge is -2.20. The first-order valence-electron chi connectivity index (χ1n) is 8.35. The van der Waals surface area contributed by atoms with Crippen LogP contribution in [0.2, 0.25) is 0 Å². The summed E-state index contributed by atoms with van der Waals surface area (Å²) in [6, 6.07) is 24.3. The van der Waals surface area contributed by atoms with E-state index < -0.39 is 0 Å². The van der Waals surface area contributed by atoms with Gasteiger partial charge in [-0.15, -0.1) is 0 Å². The number of benzene rings is 2. The van der Waals surface area contributed by atoms with Crippen LogP contribution in [-0.2, 0) is 6.42 Å². The molecule has 2 aromatic carbocycles. The summed E-state index contributed by atoms with van der Waals surface area (Å²) in [5.41, 5.74) is 3.68. The molecule has 0 bridgehead atoms. The Kier molecular flexibility index (Phi) is 6.09. The maximum atomic E-state index is 12.2. The summed E-state index contributed by atoms with van der Waals surface area (Å²) in [6.07, 6.45) is 4.68. The van der Waals surface area contributed by atoms with Crippen LogP contribution in [0, 0.1) is 0 Å². The van der Waals surface area contributed by atoms with Crippen LogP contribution in [0.4, 0.5) is 0 Å². The van der Waals surface area contributed by atoms with Crippen LogP contribution in [0.15, 0.2) is 83.8 Å². The Balaban J connectivity index is 1.87. The molecule has 0 saturated heterocycles. The van der Waals surface area contributed by atoms with Gasteiger partial charge in [0, 0.05) is 18.8 Å². The van der Waals surface area contributed by atoms with Gasteiger partial charge in [0.15, 0.2) is 0 Å². The van der Waals surface area contributed by atoms with E-state index in [2.05, 4.69) is 53.3 Å². The standard InChI is InChI=1S/C21H22N2OS/c1-25-22-16-20(23-13-6-5-12-21(23)24)15-17-8-7-11-19(14-17)18-9-3-2-4-10-18/h2-14,20,22H,15-16H2,1H3. The SMILES string of the molecule is CSNCC(Cc1cccc(-c2ccccc2)c1)n1ccccc1=O. The normalized spacial score (nSPS) is 12.0. The third-order valence-corrected chi connectivity index (χ3v) is 4.67. The molecule has 0 aliphatic heterocycles. The highest BCUT2D eigenvalue weighted by molar-refractivity contribution is 7.96. The first-order chi connectivity index (χ1) is 12.3. The highest BCUT2D eigenvalue weighted by Gasteiger charge is 2.13. The van der Waals surface area contributed by atoms with E-state index in [-0.39, 0.29) is 11.6 Å². The van der Waals surface area contributed by atoms with Gasteiger partial charge < -0.3 is 4.57 Å². The van der Waals surface area contributed by atoms with Crippen molar-refractivity contribution in [3.63, 3.8) is 0 Å². The Morgan fingerprint density at radius 3 is 2.48 bits per heavy atom. The fraction of sp³-hybridized carbons (Fsp3) is 0.190. The van der Waals surface area contributed by atoms with Gasteiger partial charge in [0.2, 0.25) is 0 Å². The Morgan fingerprint density at radius 1 is 0.960 bits per heavy atom. The van der Waals surface area contributed by atoms with Gasteiger partial charge in [0.05, 0.1) is 6.04 Å². The predicted molar refractivity (Wildman–Crippen MR) is 107 cm³/mol. The first-order valence-corrected chi connectivity index (χ1v) is 9.58. The lowest BCUT2D eigenvalue weighted by Crippen LogP contribution is -2.30. The number of nitrogens with zero attached hydrogens (tertiary/aromatic N) is 1. The molecule has 1 aromatic heterocycles. The molecule has 0 aliphatic carbocycles. The van der Waals surface area contributed by atoms with Crippen LogP contribution in [0.1, 0.15) is 11.6 Å². The first kappa shape index (κ1) is 17.5. The summed E-state index contributed by atoms with van der Waals surface area (Å²) in [5, 5.41) is 0. The molecular formula is C21H22N2OS. The van der Waals surface area contributed by atoms with Crippen molar-refractivity contribution in [2.45, 2.75) is 12.5 Å². The highest BCUT2D eigenvalue weighted by Crippen LogP contribution is 2.22. The Hall–Kier alpha value is -2.30. The van der Waals surface area contributed by atoms with Crippen molar-refractivity contribution < 1.29 is 0 Å². The van der Waals surface area contributed by atoms with E-state index in [1.807, 2.05) is 29.2 Å². The fourth-order valence-corrected chi connectivity index (χ4v) is 3.33. The van der Waals surface area contributed by atoms with Gasteiger partial charge in [-0.05, 0) is 35.4 Å². The lowest BCUT2D eigenvalue weighted by molar-refractivity contribution is 0.483. The van der Waals surface area contributed by atoms with E-state index in [1.54, 1.807) is 24.1 Å². The smallest absolute Gasteiger partial charge is 0.250 e. The van der Waals surface area contributed by atoms with E-state index in [1.165, 1.54) is 16.7 Å². The third kappa shape index (κ3) is 4.62. The van der Waals surface area contributed by atoms with E-state index in [4.69, 9.17) is 0 Å². The lowest BCUT2D eigenvalue weighted by atomic mass is 9.99. The van der Waals surface area contributed by atoms with Crippen molar-refractivity contribution in [3.05, 3.63) is 94.9 Å². The third-order valence-electron chi connectivity index (χ3n) is 4.21. The summed E-state index contributed by atoms with van der Waals surface area (Å²) in [4.78, 5) is 12.2. The van der Waals surface area contributed by atoms with Crippen LogP contribution in [0.5, 0.6) is 0 Å². The maximum Gasteiger partial charge on any atom is 0.250 e. The molecule has 1 atom stereocenters. The molecule has 25 heavy (non-hydrogen) atoms. The molecule has 128 valence electrons. The molecule has 3 aromatic rings. The molecule has 1 unspecified atom stereocenters. The van der Waals surface area contributed by atoms with E-state index in [9.17, 15) is 4.79 Å². The highest BCUT2D eigenvalue weighted by atomic mass is 32.2. The molecule has 1 N–H and O–H groups in total. The molecule has 3 nitrogen and oxygen atoms in total. The van der Waals surface area contributed by atoms with E-state index >= 15 is 0 Å². The van der Waals surface area contributed by atoms with Crippen molar-refractivity contribution in [3.8, 4) is 11.1 Å². The minimum Gasteiger partial charge on any atom is -0.311 e. The number of hydrogen-bond acceptors (Lipinski definition) is 3. The van der Waals surface area contributed by atoms with Gasteiger partial charge in [-0.1, -0.05) is 72.6 Å². The average Bonchev–Trinajstić information content (AvgIpc) is 2.67. The number of pyridine rings is 1. The van der Waals surface area contributed by atoms with Gasteiger partial charge in [0.25, 0.3) is 5.56 Å². The van der Waals surface area contributed by atoms with Crippen LogP contribution in [0.3, 0.4) is 0 Å². The summed E-state index contributed by atoms with van der Waals surface area (Å²) in [5.74, 6) is 0. The molecule has 0 radical (unpaired) electrons. The molecule has 0 amide bonds. The molecule has 0 aliphatic rings. The second-order valence-electron chi connectivity index (χ2n) is 5.92. The second-order valence-corrected chi connectivity index (χ2v) is 6.62. The largest absolute Gasteiger partial charge is 0.311 e. The molecule has 0 spiro atoms. The van der Waals surface area contributed by atoms with Crippen LogP contribution >= 0.6 is 11.9 Å². The van der Waals surface area contributed by atoms with Crippen molar-refractivity contribution >= 4 is 11.9 Å². The number of aromatic nitrogens is 1. The summed E-state index contributed by atoms with van der Waals surface area (Å²) in [7, 11) is 0. The van der Waals surface area contributed by atoms with Gasteiger partial charge in [-0.3, -0.25) is 9.52 Å². The zero-order chi connectivity index (χ0) is 17.5. The predicted octanol–water partition coefficient (Wildman–Crippen LogP) is 4.17.